The standard InChI is InChI=1S/C21H15Cl2F3N2O3S/c1-12-3-2-4-15(9-12)28-32(30,31)19-10-13(5-7-17(19)23)20(29)27-18-8-6-14(22)11-16(18)21(24,25)26/h2-11,28H,1H3,(H,27,29). The Balaban J connectivity index is 1.93. The lowest BCUT2D eigenvalue weighted by atomic mass is 10.1. The van der Waals surface area contributed by atoms with Gasteiger partial charge in [-0.2, -0.15) is 13.2 Å². The number of hydrogen-bond donors (Lipinski definition) is 2. The van der Waals surface area contributed by atoms with E-state index in [1.807, 2.05) is 0 Å². The summed E-state index contributed by atoms with van der Waals surface area (Å²) in [6.45, 7) is 1.78. The van der Waals surface area contributed by atoms with Crippen molar-refractivity contribution in [3.63, 3.8) is 0 Å². The molecule has 3 rings (SSSR count). The third-order valence-electron chi connectivity index (χ3n) is 4.29. The third-order valence-corrected chi connectivity index (χ3v) is 6.39. The van der Waals surface area contributed by atoms with Crippen LogP contribution in [0, 0.1) is 6.92 Å². The van der Waals surface area contributed by atoms with E-state index in [9.17, 15) is 26.4 Å². The van der Waals surface area contributed by atoms with E-state index in [2.05, 4.69) is 10.0 Å². The van der Waals surface area contributed by atoms with Crippen LogP contribution in [0.5, 0.6) is 0 Å². The van der Waals surface area contributed by atoms with Crippen LogP contribution < -0.4 is 10.0 Å². The largest absolute Gasteiger partial charge is 0.418 e. The summed E-state index contributed by atoms with van der Waals surface area (Å²) in [6, 6.07) is 12.8. The molecule has 1 amide bonds. The molecule has 0 aliphatic rings. The lowest BCUT2D eigenvalue weighted by Crippen LogP contribution is -2.18. The summed E-state index contributed by atoms with van der Waals surface area (Å²) in [5, 5.41) is 1.82. The second-order valence-electron chi connectivity index (χ2n) is 6.76. The first-order valence-electron chi connectivity index (χ1n) is 8.94. The zero-order valence-electron chi connectivity index (χ0n) is 16.3. The maximum Gasteiger partial charge on any atom is 0.418 e. The van der Waals surface area contributed by atoms with Crippen molar-refractivity contribution in [2.45, 2.75) is 18.0 Å². The Morgan fingerprint density at radius 1 is 0.969 bits per heavy atom. The van der Waals surface area contributed by atoms with Crippen LogP contribution in [-0.2, 0) is 16.2 Å². The minimum Gasteiger partial charge on any atom is -0.321 e. The molecule has 0 saturated carbocycles. The third kappa shape index (κ3) is 5.53. The summed E-state index contributed by atoms with van der Waals surface area (Å²) in [7, 11) is -4.19. The zero-order valence-corrected chi connectivity index (χ0v) is 18.6. The fourth-order valence-corrected chi connectivity index (χ4v) is 4.57. The average Bonchev–Trinajstić information content (AvgIpc) is 2.68. The van der Waals surface area contributed by atoms with Gasteiger partial charge in [-0.15, -0.1) is 0 Å². The van der Waals surface area contributed by atoms with Crippen molar-refractivity contribution in [3.05, 3.63) is 87.4 Å². The smallest absolute Gasteiger partial charge is 0.321 e. The fraction of sp³-hybridized carbons (Fsp3) is 0.0952. The molecule has 3 aromatic rings. The van der Waals surface area contributed by atoms with Gasteiger partial charge in [0.15, 0.2) is 0 Å². The molecule has 0 atom stereocenters. The quantitative estimate of drug-likeness (QED) is 0.425. The highest BCUT2D eigenvalue weighted by Crippen LogP contribution is 2.37. The van der Waals surface area contributed by atoms with Crippen molar-refractivity contribution in [1.29, 1.82) is 0 Å². The second kappa shape index (κ2) is 9.01. The minimum absolute atomic E-state index is 0.155. The van der Waals surface area contributed by atoms with Crippen molar-refractivity contribution in [2.75, 3.05) is 10.0 Å². The molecule has 32 heavy (non-hydrogen) atoms. The number of nitrogens with one attached hydrogen (secondary N) is 2. The molecular formula is C21H15Cl2F3N2O3S. The number of alkyl halides is 3. The molecule has 3 aromatic carbocycles. The lowest BCUT2D eigenvalue weighted by molar-refractivity contribution is -0.136. The van der Waals surface area contributed by atoms with Gasteiger partial charge >= 0.3 is 6.18 Å². The Kier molecular flexibility index (Phi) is 6.73. The van der Waals surface area contributed by atoms with Crippen molar-refractivity contribution in [3.8, 4) is 0 Å². The molecule has 0 aliphatic heterocycles. The van der Waals surface area contributed by atoms with E-state index in [0.29, 0.717) is 6.07 Å². The summed E-state index contributed by atoms with van der Waals surface area (Å²) in [6.07, 6.45) is -4.76. The Labute approximate surface area is 192 Å². The highest BCUT2D eigenvalue weighted by molar-refractivity contribution is 7.92. The van der Waals surface area contributed by atoms with Crippen LogP contribution in [0.3, 0.4) is 0 Å². The van der Waals surface area contributed by atoms with Gasteiger partial charge in [-0.3, -0.25) is 9.52 Å². The van der Waals surface area contributed by atoms with Crippen molar-refractivity contribution >= 4 is 50.5 Å². The Hall–Kier alpha value is -2.75. The van der Waals surface area contributed by atoms with Crippen LogP contribution in [-0.4, -0.2) is 14.3 Å². The molecule has 2 N–H and O–H groups in total. The first-order valence-corrected chi connectivity index (χ1v) is 11.2. The van der Waals surface area contributed by atoms with Crippen LogP contribution in [0.4, 0.5) is 24.5 Å². The molecule has 0 fully saturated rings. The van der Waals surface area contributed by atoms with Crippen LogP contribution in [0.25, 0.3) is 0 Å². The summed E-state index contributed by atoms with van der Waals surface area (Å²) in [5.41, 5.74) is -0.771. The Bertz CT molecular complexity index is 1300. The molecule has 0 aromatic heterocycles. The number of halogens is 5. The highest BCUT2D eigenvalue weighted by Gasteiger charge is 2.34. The van der Waals surface area contributed by atoms with Gasteiger partial charge in [-0.1, -0.05) is 35.3 Å². The molecule has 0 bridgehead atoms. The van der Waals surface area contributed by atoms with Gasteiger partial charge < -0.3 is 5.32 Å². The van der Waals surface area contributed by atoms with Crippen LogP contribution in [0.15, 0.2) is 65.6 Å². The highest BCUT2D eigenvalue weighted by atomic mass is 35.5. The zero-order chi connectivity index (χ0) is 23.7. The van der Waals surface area contributed by atoms with E-state index in [1.54, 1.807) is 25.1 Å². The molecule has 0 unspecified atom stereocenters. The first kappa shape index (κ1) is 23.9. The number of aryl methyl sites for hydroxylation is 1. The molecule has 0 heterocycles. The van der Waals surface area contributed by atoms with E-state index in [-0.39, 0.29) is 21.3 Å². The molecule has 11 heteroatoms. The van der Waals surface area contributed by atoms with E-state index < -0.39 is 38.3 Å². The van der Waals surface area contributed by atoms with E-state index >= 15 is 0 Å². The Morgan fingerprint density at radius 2 is 1.69 bits per heavy atom. The van der Waals surface area contributed by atoms with E-state index in [4.69, 9.17) is 23.2 Å². The number of hydrogen-bond acceptors (Lipinski definition) is 3. The van der Waals surface area contributed by atoms with Crippen molar-refractivity contribution in [2.24, 2.45) is 0 Å². The predicted octanol–water partition coefficient (Wildman–Crippen LogP) is 6.37. The molecule has 0 saturated heterocycles. The van der Waals surface area contributed by atoms with Crippen LogP contribution >= 0.6 is 23.2 Å². The monoisotopic (exact) mass is 502 g/mol. The van der Waals surface area contributed by atoms with Gasteiger partial charge in [0.05, 0.1) is 16.3 Å². The second-order valence-corrected chi connectivity index (χ2v) is 9.26. The average molecular weight is 503 g/mol. The molecular weight excluding hydrogens is 488 g/mol. The van der Waals surface area contributed by atoms with Crippen LogP contribution in [0.1, 0.15) is 21.5 Å². The molecule has 168 valence electrons. The topological polar surface area (TPSA) is 75.3 Å². The SMILES string of the molecule is Cc1cccc(NS(=O)(=O)c2cc(C(=O)Nc3ccc(Cl)cc3C(F)(F)F)ccc2Cl)c1. The summed E-state index contributed by atoms with van der Waals surface area (Å²) >= 11 is 11.7. The van der Waals surface area contributed by atoms with Gasteiger partial charge in [0.2, 0.25) is 0 Å². The predicted molar refractivity (Wildman–Crippen MR) is 118 cm³/mol. The Morgan fingerprint density at radius 3 is 2.34 bits per heavy atom. The summed E-state index contributed by atoms with van der Waals surface area (Å²) in [5.74, 6) is -0.957. The first-order chi connectivity index (χ1) is 14.9. The van der Waals surface area contributed by atoms with E-state index in [0.717, 1.165) is 17.7 Å². The summed E-state index contributed by atoms with van der Waals surface area (Å²) in [4.78, 5) is 12.2. The maximum absolute atomic E-state index is 13.3. The van der Waals surface area contributed by atoms with Gasteiger partial charge in [0.1, 0.15) is 4.90 Å². The number of sulfonamides is 1. The molecule has 0 aliphatic carbocycles. The molecule has 0 radical (unpaired) electrons. The number of carbonyl (C=O) groups is 1. The number of amides is 1. The van der Waals surface area contributed by atoms with Gasteiger partial charge in [-0.25, -0.2) is 8.42 Å². The van der Waals surface area contributed by atoms with Crippen molar-refractivity contribution < 1.29 is 26.4 Å². The summed E-state index contributed by atoms with van der Waals surface area (Å²) < 4.78 is 67.8. The van der Waals surface area contributed by atoms with Gasteiger partial charge in [0.25, 0.3) is 15.9 Å². The van der Waals surface area contributed by atoms with E-state index in [1.165, 1.54) is 24.3 Å². The number of carbonyl (C=O) groups excluding carboxylic acids is 1. The number of rotatable bonds is 5. The normalized spacial score (nSPS) is 11.8. The van der Waals surface area contributed by atoms with Crippen molar-refractivity contribution in [1.82, 2.24) is 0 Å². The maximum atomic E-state index is 13.3. The molecule has 5 nitrogen and oxygen atoms in total. The fourth-order valence-electron chi connectivity index (χ4n) is 2.82. The van der Waals surface area contributed by atoms with Gasteiger partial charge in [-0.05, 0) is 61.0 Å². The number of benzene rings is 3. The lowest BCUT2D eigenvalue weighted by Gasteiger charge is -2.15. The van der Waals surface area contributed by atoms with Crippen LogP contribution in [0.2, 0.25) is 10.0 Å². The van der Waals surface area contributed by atoms with Gasteiger partial charge in [0, 0.05) is 16.3 Å². The minimum atomic E-state index is -4.76. The number of anilines is 2. The molecule has 0 spiro atoms.